The van der Waals surface area contributed by atoms with Crippen LogP contribution in [0.1, 0.15) is 45.4 Å². The van der Waals surface area contributed by atoms with E-state index in [9.17, 15) is 5.11 Å². The first-order valence-corrected chi connectivity index (χ1v) is 5.53. The van der Waals surface area contributed by atoms with Crippen LogP contribution in [0, 0.1) is 5.92 Å². The molecule has 1 saturated heterocycles. The Kier molecular flexibility index (Phi) is 2.61. The molecule has 2 nitrogen and oxygen atoms in total. The Labute approximate surface area is 80.3 Å². The monoisotopic (exact) mass is 184 g/mol. The third-order valence-corrected chi connectivity index (χ3v) is 3.46. The molecule has 2 unspecified atom stereocenters. The number of aliphatic hydroxyl groups excluding tert-OH is 1. The molecule has 0 radical (unpaired) electrons. The van der Waals surface area contributed by atoms with Gasteiger partial charge >= 0.3 is 0 Å². The highest BCUT2D eigenvalue weighted by Gasteiger charge is 2.38. The van der Waals surface area contributed by atoms with E-state index in [4.69, 9.17) is 4.74 Å². The SMILES string of the molecule is CC1(C(O)CC2CC2)CCCCO1. The molecule has 2 heteroatoms. The van der Waals surface area contributed by atoms with Gasteiger partial charge in [-0.25, -0.2) is 0 Å². The molecule has 1 aliphatic heterocycles. The minimum Gasteiger partial charge on any atom is -0.390 e. The van der Waals surface area contributed by atoms with Gasteiger partial charge in [0.1, 0.15) is 0 Å². The Morgan fingerprint density at radius 3 is 2.77 bits per heavy atom. The first-order valence-electron chi connectivity index (χ1n) is 5.53. The van der Waals surface area contributed by atoms with Crippen LogP contribution in [0.25, 0.3) is 0 Å². The van der Waals surface area contributed by atoms with Crippen molar-refractivity contribution in [1.82, 2.24) is 0 Å². The quantitative estimate of drug-likeness (QED) is 0.728. The van der Waals surface area contributed by atoms with Crippen molar-refractivity contribution in [2.75, 3.05) is 6.61 Å². The topological polar surface area (TPSA) is 29.5 Å². The van der Waals surface area contributed by atoms with E-state index in [0.29, 0.717) is 0 Å². The minimum absolute atomic E-state index is 0.235. The Bertz CT molecular complexity index is 169. The van der Waals surface area contributed by atoms with Gasteiger partial charge < -0.3 is 9.84 Å². The van der Waals surface area contributed by atoms with E-state index in [2.05, 4.69) is 6.92 Å². The van der Waals surface area contributed by atoms with E-state index < -0.39 is 0 Å². The van der Waals surface area contributed by atoms with Gasteiger partial charge in [0.2, 0.25) is 0 Å². The summed E-state index contributed by atoms with van der Waals surface area (Å²) in [6.07, 6.45) is 6.74. The molecule has 2 atom stereocenters. The molecule has 0 aromatic rings. The lowest BCUT2D eigenvalue weighted by atomic mass is 9.87. The van der Waals surface area contributed by atoms with Crippen LogP contribution in [-0.2, 0) is 4.74 Å². The van der Waals surface area contributed by atoms with Gasteiger partial charge in [-0.2, -0.15) is 0 Å². The molecule has 1 heterocycles. The van der Waals surface area contributed by atoms with Crippen molar-refractivity contribution in [2.45, 2.75) is 57.2 Å². The fourth-order valence-electron chi connectivity index (χ4n) is 2.14. The van der Waals surface area contributed by atoms with Crippen LogP contribution in [0.2, 0.25) is 0 Å². The van der Waals surface area contributed by atoms with Gasteiger partial charge in [-0.15, -0.1) is 0 Å². The van der Waals surface area contributed by atoms with Crippen LogP contribution in [0.15, 0.2) is 0 Å². The minimum atomic E-state index is -0.236. The predicted molar refractivity (Wildman–Crippen MR) is 51.6 cm³/mol. The van der Waals surface area contributed by atoms with Crippen molar-refractivity contribution in [3.8, 4) is 0 Å². The van der Waals surface area contributed by atoms with Gasteiger partial charge in [-0.3, -0.25) is 0 Å². The van der Waals surface area contributed by atoms with Gasteiger partial charge in [0.15, 0.2) is 0 Å². The number of hydrogen-bond acceptors (Lipinski definition) is 2. The van der Waals surface area contributed by atoms with Crippen LogP contribution < -0.4 is 0 Å². The second-order valence-corrected chi connectivity index (χ2v) is 4.81. The first kappa shape index (κ1) is 9.47. The Hall–Kier alpha value is -0.0800. The Morgan fingerprint density at radius 1 is 1.46 bits per heavy atom. The summed E-state index contributed by atoms with van der Waals surface area (Å²) in [5.74, 6) is 0.789. The van der Waals surface area contributed by atoms with Crippen molar-refractivity contribution >= 4 is 0 Å². The molecule has 1 N–H and O–H groups in total. The molecular formula is C11H20O2. The fourth-order valence-corrected chi connectivity index (χ4v) is 2.14. The smallest absolute Gasteiger partial charge is 0.0912 e. The molecule has 2 fully saturated rings. The van der Waals surface area contributed by atoms with Gasteiger partial charge in [-0.05, 0) is 38.5 Å². The lowest BCUT2D eigenvalue weighted by molar-refractivity contribution is -0.139. The standard InChI is InChI=1S/C11H20O2/c1-11(6-2-3-7-13-11)10(12)8-9-4-5-9/h9-10,12H,2-8H2,1H3. The van der Waals surface area contributed by atoms with Crippen molar-refractivity contribution in [3.63, 3.8) is 0 Å². The van der Waals surface area contributed by atoms with Crippen molar-refractivity contribution in [3.05, 3.63) is 0 Å². The van der Waals surface area contributed by atoms with Crippen LogP contribution in [0.4, 0.5) is 0 Å². The molecule has 76 valence electrons. The molecule has 1 aliphatic carbocycles. The Balaban J connectivity index is 1.86. The van der Waals surface area contributed by atoms with Gasteiger partial charge in [0, 0.05) is 6.61 Å². The predicted octanol–water partition coefficient (Wildman–Crippen LogP) is 2.11. The lowest BCUT2D eigenvalue weighted by Crippen LogP contribution is -2.44. The second kappa shape index (κ2) is 3.58. The van der Waals surface area contributed by atoms with E-state index in [1.165, 1.54) is 19.3 Å². The maximum absolute atomic E-state index is 10.0. The van der Waals surface area contributed by atoms with Gasteiger partial charge in [0.05, 0.1) is 11.7 Å². The molecule has 0 aromatic heterocycles. The van der Waals surface area contributed by atoms with Crippen molar-refractivity contribution in [2.24, 2.45) is 5.92 Å². The van der Waals surface area contributed by atoms with Crippen LogP contribution in [0.5, 0.6) is 0 Å². The fraction of sp³-hybridized carbons (Fsp3) is 1.00. The number of aliphatic hydroxyl groups is 1. The number of rotatable bonds is 3. The molecule has 0 aromatic carbocycles. The second-order valence-electron chi connectivity index (χ2n) is 4.81. The summed E-state index contributed by atoms with van der Waals surface area (Å²) in [6.45, 7) is 2.90. The number of hydrogen-bond donors (Lipinski definition) is 1. The largest absolute Gasteiger partial charge is 0.390 e. The summed E-state index contributed by atoms with van der Waals surface area (Å²) in [5, 5.41) is 10.0. The molecule has 13 heavy (non-hydrogen) atoms. The first-order chi connectivity index (χ1) is 6.21. The highest BCUT2D eigenvalue weighted by atomic mass is 16.5. The third-order valence-electron chi connectivity index (χ3n) is 3.46. The maximum Gasteiger partial charge on any atom is 0.0912 e. The average molecular weight is 184 g/mol. The average Bonchev–Trinajstić information content (AvgIpc) is 2.89. The normalized spacial score (nSPS) is 37.4. The number of ether oxygens (including phenoxy) is 1. The maximum atomic E-state index is 10.0. The molecule has 0 amide bonds. The zero-order valence-corrected chi connectivity index (χ0v) is 8.46. The van der Waals surface area contributed by atoms with Crippen molar-refractivity contribution in [1.29, 1.82) is 0 Å². The highest BCUT2D eigenvalue weighted by molar-refractivity contribution is 4.90. The molecule has 2 aliphatic rings. The summed E-state index contributed by atoms with van der Waals surface area (Å²) < 4.78 is 5.71. The zero-order valence-electron chi connectivity index (χ0n) is 8.46. The molecule has 1 saturated carbocycles. The van der Waals surface area contributed by atoms with E-state index in [-0.39, 0.29) is 11.7 Å². The summed E-state index contributed by atoms with van der Waals surface area (Å²) in [7, 11) is 0. The summed E-state index contributed by atoms with van der Waals surface area (Å²) in [6, 6.07) is 0. The molecular weight excluding hydrogens is 164 g/mol. The van der Waals surface area contributed by atoms with E-state index in [1.807, 2.05) is 0 Å². The van der Waals surface area contributed by atoms with Crippen LogP contribution in [0.3, 0.4) is 0 Å². The summed E-state index contributed by atoms with van der Waals surface area (Å²) in [5.41, 5.74) is -0.235. The van der Waals surface area contributed by atoms with E-state index >= 15 is 0 Å². The van der Waals surface area contributed by atoms with E-state index in [0.717, 1.165) is 31.8 Å². The Morgan fingerprint density at radius 2 is 2.23 bits per heavy atom. The van der Waals surface area contributed by atoms with Crippen molar-refractivity contribution < 1.29 is 9.84 Å². The zero-order chi connectivity index (χ0) is 9.31. The van der Waals surface area contributed by atoms with Crippen LogP contribution >= 0.6 is 0 Å². The summed E-state index contributed by atoms with van der Waals surface area (Å²) in [4.78, 5) is 0. The molecule has 0 bridgehead atoms. The summed E-state index contributed by atoms with van der Waals surface area (Å²) >= 11 is 0. The lowest BCUT2D eigenvalue weighted by Gasteiger charge is -2.38. The van der Waals surface area contributed by atoms with E-state index in [1.54, 1.807) is 0 Å². The highest BCUT2D eigenvalue weighted by Crippen LogP contribution is 2.38. The van der Waals surface area contributed by atoms with Crippen LogP contribution in [-0.4, -0.2) is 23.4 Å². The molecule has 0 spiro atoms. The molecule has 2 rings (SSSR count). The van der Waals surface area contributed by atoms with Gasteiger partial charge in [-0.1, -0.05) is 12.8 Å². The van der Waals surface area contributed by atoms with Gasteiger partial charge in [0.25, 0.3) is 0 Å². The third kappa shape index (κ3) is 2.23.